The summed E-state index contributed by atoms with van der Waals surface area (Å²) in [5.41, 5.74) is 0.141. The molecular formula is C15H14N4O6. The minimum atomic E-state index is -0.710. The van der Waals surface area contributed by atoms with Crippen LogP contribution in [0, 0.1) is 27.2 Å². The van der Waals surface area contributed by atoms with Gasteiger partial charge < -0.3 is 14.9 Å². The van der Waals surface area contributed by atoms with E-state index >= 15 is 0 Å². The molecule has 0 radical (unpaired) electrons. The van der Waals surface area contributed by atoms with Gasteiger partial charge in [0, 0.05) is 19.1 Å². The first kappa shape index (κ1) is 17.8. The first-order valence-electron chi connectivity index (χ1n) is 7.15. The molecule has 0 fully saturated rings. The number of rotatable bonds is 7. The molecule has 0 spiro atoms. The molecular weight excluding hydrogens is 332 g/mol. The SMILES string of the molecule is Cc1ncc([N+](=O)[O-])n1CCOC(=O)/C=C/c1ccccc1[N+](=O)[O-]. The molecule has 0 atom stereocenters. The van der Waals surface area contributed by atoms with Crippen LogP contribution in [0.2, 0.25) is 0 Å². The second-order valence-corrected chi connectivity index (χ2v) is 4.89. The van der Waals surface area contributed by atoms with E-state index in [4.69, 9.17) is 4.74 Å². The lowest BCUT2D eigenvalue weighted by Gasteiger charge is -2.03. The lowest BCUT2D eigenvalue weighted by Crippen LogP contribution is -2.12. The summed E-state index contributed by atoms with van der Waals surface area (Å²) in [6, 6.07) is 5.96. The van der Waals surface area contributed by atoms with Gasteiger partial charge in [-0.05, 0) is 17.1 Å². The molecule has 0 aliphatic carbocycles. The first-order chi connectivity index (χ1) is 11.9. The van der Waals surface area contributed by atoms with Gasteiger partial charge in [0.15, 0.2) is 5.82 Å². The fraction of sp³-hybridized carbons (Fsp3) is 0.200. The Morgan fingerprint density at radius 3 is 2.68 bits per heavy atom. The van der Waals surface area contributed by atoms with E-state index in [1.54, 1.807) is 13.0 Å². The Hall–Kier alpha value is -3.56. The molecule has 0 aliphatic heterocycles. The molecule has 25 heavy (non-hydrogen) atoms. The Balaban J connectivity index is 1.95. The highest BCUT2D eigenvalue weighted by Gasteiger charge is 2.17. The van der Waals surface area contributed by atoms with Gasteiger partial charge in [0.05, 0.1) is 10.5 Å². The number of benzene rings is 1. The molecule has 130 valence electrons. The quantitative estimate of drug-likeness (QED) is 0.325. The molecule has 1 aromatic heterocycles. The van der Waals surface area contributed by atoms with Crippen molar-refractivity contribution in [1.29, 1.82) is 0 Å². The van der Waals surface area contributed by atoms with Gasteiger partial charge in [-0.2, -0.15) is 0 Å². The maximum Gasteiger partial charge on any atom is 0.342 e. The minimum absolute atomic E-state index is 0.0766. The zero-order chi connectivity index (χ0) is 18.4. The fourth-order valence-corrected chi connectivity index (χ4v) is 2.12. The highest BCUT2D eigenvalue weighted by atomic mass is 16.6. The molecule has 2 rings (SSSR count). The number of hydrogen-bond donors (Lipinski definition) is 0. The van der Waals surface area contributed by atoms with E-state index in [0.29, 0.717) is 5.82 Å². The van der Waals surface area contributed by atoms with E-state index in [0.717, 1.165) is 12.3 Å². The Labute approximate surface area is 141 Å². The van der Waals surface area contributed by atoms with E-state index < -0.39 is 15.8 Å². The van der Waals surface area contributed by atoms with E-state index in [-0.39, 0.29) is 30.2 Å². The standard InChI is InChI=1S/C15H14N4O6/c1-11-16-10-14(19(23)24)17(11)8-9-25-15(20)7-6-12-4-2-3-5-13(12)18(21)22/h2-7,10H,8-9H2,1H3/b7-6+. The third-order valence-electron chi connectivity index (χ3n) is 3.31. The molecule has 0 aliphatic rings. The highest BCUT2D eigenvalue weighted by Crippen LogP contribution is 2.19. The number of aryl methyl sites for hydroxylation is 1. The molecule has 0 bridgehead atoms. The number of imidazole rings is 1. The maximum atomic E-state index is 11.7. The van der Waals surface area contributed by atoms with Crippen LogP contribution >= 0.6 is 0 Å². The van der Waals surface area contributed by atoms with Gasteiger partial charge in [0.1, 0.15) is 19.3 Å². The molecule has 0 unspecified atom stereocenters. The third-order valence-corrected chi connectivity index (χ3v) is 3.31. The summed E-state index contributed by atoms with van der Waals surface area (Å²) in [5, 5.41) is 21.7. The highest BCUT2D eigenvalue weighted by molar-refractivity contribution is 5.87. The van der Waals surface area contributed by atoms with E-state index in [2.05, 4.69) is 4.98 Å². The number of carbonyl (C=O) groups excluding carboxylic acids is 1. The Morgan fingerprint density at radius 1 is 1.28 bits per heavy atom. The first-order valence-corrected chi connectivity index (χ1v) is 7.15. The number of hydrogen-bond acceptors (Lipinski definition) is 7. The van der Waals surface area contributed by atoms with Crippen molar-refractivity contribution in [1.82, 2.24) is 9.55 Å². The zero-order valence-corrected chi connectivity index (χ0v) is 13.2. The summed E-state index contributed by atoms with van der Waals surface area (Å²) < 4.78 is 6.28. The molecule has 1 aromatic carbocycles. The second-order valence-electron chi connectivity index (χ2n) is 4.89. The molecule has 10 heteroatoms. The van der Waals surface area contributed by atoms with Crippen LogP contribution in [0.4, 0.5) is 11.5 Å². The number of para-hydroxylation sites is 1. The van der Waals surface area contributed by atoms with Crippen molar-refractivity contribution in [2.75, 3.05) is 6.61 Å². The number of nitro benzene ring substituents is 1. The number of aromatic nitrogens is 2. The summed E-state index contributed by atoms with van der Waals surface area (Å²) in [5.74, 6) is -0.472. The van der Waals surface area contributed by atoms with Crippen molar-refractivity contribution < 1.29 is 19.4 Å². The molecule has 1 heterocycles. The van der Waals surface area contributed by atoms with Crippen LogP contribution in [0.5, 0.6) is 0 Å². The van der Waals surface area contributed by atoms with Crippen LogP contribution in [0.1, 0.15) is 11.4 Å². The van der Waals surface area contributed by atoms with Crippen LogP contribution in [0.25, 0.3) is 6.08 Å². The van der Waals surface area contributed by atoms with Gasteiger partial charge in [-0.15, -0.1) is 0 Å². The van der Waals surface area contributed by atoms with Crippen molar-refractivity contribution >= 4 is 23.6 Å². The maximum absolute atomic E-state index is 11.7. The summed E-state index contributed by atoms with van der Waals surface area (Å²) in [4.78, 5) is 36.1. The minimum Gasteiger partial charge on any atom is -0.458 e. The van der Waals surface area contributed by atoms with Crippen LogP contribution in [-0.4, -0.2) is 32.0 Å². The molecule has 0 saturated carbocycles. The van der Waals surface area contributed by atoms with Crippen LogP contribution in [-0.2, 0) is 16.1 Å². The van der Waals surface area contributed by atoms with Crippen molar-refractivity contribution in [3.05, 3.63) is 68.2 Å². The molecule has 0 amide bonds. The van der Waals surface area contributed by atoms with Crippen LogP contribution < -0.4 is 0 Å². The Kier molecular flexibility index (Phi) is 5.56. The predicted molar refractivity (Wildman–Crippen MR) is 86.7 cm³/mol. The zero-order valence-electron chi connectivity index (χ0n) is 13.2. The largest absolute Gasteiger partial charge is 0.458 e. The Morgan fingerprint density at radius 2 is 2.00 bits per heavy atom. The average Bonchev–Trinajstić information content (AvgIpc) is 2.94. The normalized spacial score (nSPS) is 10.8. The smallest absolute Gasteiger partial charge is 0.342 e. The monoisotopic (exact) mass is 346 g/mol. The molecule has 10 nitrogen and oxygen atoms in total. The average molecular weight is 346 g/mol. The summed E-state index contributed by atoms with van der Waals surface area (Å²) in [7, 11) is 0. The van der Waals surface area contributed by atoms with Gasteiger partial charge in [-0.3, -0.25) is 10.1 Å². The lowest BCUT2D eigenvalue weighted by atomic mass is 10.1. The number of ether oxygens (including phenoxy) is 1. The summed E-state index contributed by atoms with van der Waals surface area (Å²) in [6.45, 7) is 1.58. The number of carbonyl (C=O) groups is 1. The van der Waals surface area contributed by atoms with Crippen LogP contribution in [0.3, 0.4) is 0 Å². The van der Waals surface area contributed by atoms with Crippen LogP contribution in [0.15, 0.2) is 36.5 Å². The Bertz CT molecular complexity index is 842. The van der Waals surface area contributed by atoms with Gasteiger partial charge in [-0.25, -0.2) is 14.3 Å². The van der Waals surface area contributed by atoms with Gasteiger partial charge in [0.25, 0.3) is 5.69 Å². The predicted octanol–water partition coefficient (Wildman–Crippen LogP) is 2.26. The second kappa shape index (κ2) is 7.81. The van der Waals surface area contributed by atoms with E-state index in [9.17, 15) is 25.0 Å². The molecule has 2 aromatic rings. The number of esters is 1. The number of nitro groups is 2. The van der Waals surface area contributed by atoms with E-state index in [1.165, 1.54) is 28.8 Å². The van der Waals surface area contributed by atoms with Crippen molar-refractivity contribution in [2.24, 2.45) is 0 Å². The van der Waals surface area contributed by atoms with Crippen molar-refractivity contribution in [3.63, 3.8) is 0 Å². The van der Waals surface area contributed by atoms with Gasteiger partial charge in [-0.1, -0.05) is 12.1 Å². The third kappa shape index (κ3) is 4.47. The molecule has 0 saturated heterocycles. The van der Waals surface area contributed by atoms with E-state index in [1.807, 2.05) is 0 Å². The topological polar surface area (TPSA) is 130 Å². The molecule has 0 N–H and O–H groups in total. The van der Waals surface area contributed by atoms with Crippen molar-refractivity contribution in [3.8, 4) is 0 Å². The van der Waals surface area contributed by atoms with Gasteiger partial charge >= 0.3 is 11.8 Å². The van der Waals surface area contributed by atoms with Crippen molar-refractivity contribution in [2.45, 2.75) is 13.5 Å². The van der Waals surface area contributed by atoms with Gasteiger partial charge in [0.2, 0.25) is 0 Å². The fourth-order valence-electron chi connectivity index (χ4n) is 2.12. The summed E-state index contributed by atoms with van der Waals surface area (Å²) in [6.07, 6.45) is 3.48. The summed E-state index contributed by atoms with van der Waals surface area (Å²) >= 11 is 0. The lowest BCUT2D eigenvalue weighted by molar-refractivity contribution is -0.392. The number of nitrogens with zero attached hydrogens (tertiary/aromatic N) is 4.